The Bertz CT molecular complexity index is 983. The molecule has 0 unspecified atom stereocenters. The Morgan fingerprint density at radius 1 is 1.52 bits per heavy atom. The standard InChI is InChI=1S/C15H17N5O6S2.Na/c1-26-19-10(9-4-3-8(12(16)17-9)7-28(23,24)25)13(21)18-11-14(22)20-5-2-6-27-15(11)20;/h2-5,11,15H,6-7H2,1H3,(H2,16,17)(H,18,21)(H,23,24,25);/q;+1/p-1/b19-10-;/t11-,15-;/m1./s1. The number of nitrogen functional groups attached to an aromatic ring is 1. The first-order valence-corrected chi connectivity index (χ1v) is 10.6. The van der Waals surface area contributed by atoms with Crippen molar-refractivity contribution < 1.29 is 57.0 Å². The first kappa shape index (κ1) is 23.6. The van der Waals surface area contributed by atoms with E-state index in [1.165, 1.54) is 35.9 Å². The van der Waals surface area contributed by atoms with Crippen molar-refractivity contribution in [3.05, 3.63) is 35.7 Å². The van der Waals surface area contributed by atoms with Gasteiger partial charge in [0.05, 0.1) is 15.9 Å². The van der Waals surface area contributed by atoms with Gasteiger partial charge in [0.15, 0.2) is 5.71 Å². The quantitative estimate of drug-likeness (QED) is 0.144. The molecule has 11 nitrogen and oxygen atoms in total. The maximum absolute atomic E-state index is 12.6. The predicted octanol–water partition coefficient (Wildman–Crippen LogP) is -4.02. The monoisotopic (exact) mass is 449 g/mol. The molecule has 1 saturated heterocycles. The van der Waals surface area contributed by atoms with E-state index in [1.54, 1.807) is 6.20 Å². The number of nitrogens with two attached hydrogens (primary N) is 1. The molecule has 14 heteroatoms. The van der Waals surface area contributed by atoms with Gasteiger partial charge in [-0.1, -0.05) is 17.3 Å². The minimum absolute atomic E-state index is 0. The number of fused-ring (bicyclic) bond motifs is 1. The van der Waals surface area contributed by atoms with Gasteiger partial charge in [0.25, 0.3) is 11.8 Å². The molecule has 0 bridgehead atoms. The molecule has 0 saturated carbocycles. The van der Waals surface area contributed by atoms with Crippen LogP contribution in [0.3, 0.4) is 0 Å². The smallest absolute Gasteiger partial charge is 0.748 e. The Morgan fingerprint density at radius 3 is 2.86 bits per heavy atom. The third kappa shape index (κ3) is 5.29. The van der Waals surface area contributed by atoms with Crippen LogP contribution in [0.15, 0.2) is 29.6 Å². The second-order valence-corrected chi connectivity index (χ2v) is 8.42. The number of carbonyl (C=O) groups is 2. The fourth-order valence-electron chi connectivity index (χ4n) is 2.72. The maximum Gasteiger partial charge on any atom is 1.00 e. The normalized spacial score (nSPS) is 21.0. The third-order valence-electron chi connectivity index (χ3n) is 3.98. The van der Waals surface area contributed by atoms with Crippen LogP contribution in [0.25, 0.3) is 0 Å². The summed E-state index contributed by atoms with van der Waals surface area (Å²) in [6.07, 6.45) is 3.53. The molecule has 1 fully saturated rings. The maximum atomic E-state index is 12.6. The number of oxime groups is 1. The van der Waals surface area contributed by atoms with Crippen LogP contribution in [0.2, 0.25) is 0 Å². The number of nitrogens with zero attached hydrogens (tertiary/aromatic N) is 3. The molecular formula is C15H16N5NaO6S2. The molecule has 0 spiro atoms. The van der Waals surface area contributed by atoms with Crippen molar-refractivity contribution in [2.24, 2.45) is 5.16 Å². The van der Waals surface area contributed by atoms with Gasteiger partial charge in [-0.2, -0.15) is 0 Å². The number of pyridine rings is 1. The Hall–Kier alpha value is -1.64. The van der Waals surface area contributed by atoms with Gasteiger partial charge in [-0.05, 0) is 6.07 Å². The molecule has 3 heterocycles. The number of hydrogen-bond donors (Lipinski definition) is 2. The summed E-state index contributed by atoms with van der Waals surface area (Å²) < 4.78 is 32.7. The van der Waals surface area contributed by atoms with Crippen LogP contribution in [0, 0.1) is 0 Å². The largest absolute Gasteiger partial charge is 1.00 e. The van der Waals surface area contributed by atoms with E-state index in [-0.39, 0.29) is 63.6 Å². The Morgan fingerprint density at radius 2 is 2.24 bits per heavy atom. The molecule has 1 aromatic rings. The van der Waals surface area contributed by atoms with E-state index in [2.05, 4.69) is 20.3 Å². The molecular weight excluding hydrogens is 433 g/mol. The molecule has 2 amide bonds. The van der Waals surface area contributed by atoms with Gasteiger partial charge in [0, 0.05) is 17.5 Å². The summed E-state index contributed by atoms with van der Waals surface area (Å²) in [5.74, 6) is -1.28. The number of rotatable bonds is 6. The molecule has 0 aliphatic carbocycles. The second-order valence-electron chi connectivity index (χ2n) is 5.87. The second kappa shape index (κ2) is 9.45. The molecule has 0 radical (unpaired) electrons. The third-order valence-corrected chi connectivity index (χ3v) is 5.87. The van der Waals surface area contributed by atoms with Crippen LogP contribution < -0.4 is 40.6 Å². The number of carbonyl (C=O) groups excluding carboxylic acids is 2. The van der Waals surface area contributed by atoms with Crippen LogP contribution in [0.1, 0.15) is 11.3 Å². The number of thioether (sulfide) groups is 1. The zero-order valence-electron chi connectivity index (χ0n) is 15.6. The first-order valence-electron chi connectivity index (χ1n) is 7.93. The number of amides is 2. The van der Waals surface area contributed by atoms with Crippen LogP contribution in [0.4, 0.5) is 5.82 Å². The zero-order valence-corrected chi connectivity index (χ0v) is 19.2. The van der Waals surface area contributed by atoms with Crippen LogP contribution in [0.5, 0.6) is 0 Å². The Kier molecular flexibility index (Phi) is 7.70. The van der Waals surface area contributed by atoms with Gasteiger partial charge in [-0.25, -0.2) is 13.4 Å². The van der Waals surface area contributed by atoms with E-state index >= 15 is 0 Å². The van der Waals surface area contributed by atoms with Crippen molar-refractivity contribution in [1.29, 1.82) is 0 Å². The SMILES string of the molecule is CO/N=C(\C(=O)N[C@@H]1C(=O)N2C=CCS[C@H]12)c1ccc(CS(=O)(=O)[O-])c(N)n1.[Na+]. The van der Waals surface area contributed by atoms with E-state index in [4.69, 9.17) is 5.73 Å². The van der Waals surface area contributed by atoms with Gasteiger partial charge in [0.2, 0.25) is 0 Å². The minimum atomic E-state index is -4.54. The Labute approximate surface area is 193 Å². The fourth-order valence-corrected chi connectivity index (χ4v) is 4.45. The van der Waals surface area contributed by atoms with Crippen molar-refractivity contribution in [1.82, 2.24) is 15.2 Å². The summed E-state index contributed by atoms with van der Waals surface area (Å²) in [5.41, 5.74) is 5.46. The summed E-state index contributed by atoms with van der Waals surface area (Å²) in [6, 6.07) is 1.84. The molecule has 2 atom stereocenters. The van der Waals surface area contributed by atoms with Crippen molar-refractivity contribution in [3.8, 4) is 0 Å². The zero-order chi connectivity index (χ0) is 20.5. The number of β-lactam (4-membered cyclic amide) rings is 1. The van der Waals surface area contributed by atoms with Gasteiger partial charge < -0.3 is 25.3 Å². The summed E-state index contributed by atoms with van der Waals surface area (Å²) in [5, 5.41) is 6.04. The van der Waals surface area contributed by atoms with Gasteiger partial charge in [0.1, 0.15) is 30.0 Å². The van der Waals surface area contributed by atoms with Crippen molar-refractivity contribution in [2.45, 2.75) is 17.2 Å². The topological polar surface area (TPSA) is 167 Å². The average Bonchev–Trinajstić information content (AvgIpc) is 2.64. The van der Waals surface area contributed by atoms with Gasteiger partial charge in [-0.15, -0.1) is 11.8 Å². The van der Waals surface area contributed by atoms with Gasteiger partial charge >= 0.3 is 29.6 Å². The van der Waals surface area contributed by atoms with Crippen molar-refractivity contribution >= 4 is 45.2 Å². The van der Waals surface area contributed by atoms with E-state index in [9.17, 15) is 22.6 Å². The fraction of sp³-hybridized carbons (Fsp3) is 0.333. The van der Waals surface area contributed by atoms with E-state index < -0.39 is 27.8 Å². The van der Waals surface area contributed by atoms with Gasteiger partial charge in [-0.3, -0.25) is 9.59 Å². The number of anilines is 1. The number of hydrogen-bond acceptors (Lipinski definition) is 10. The molecule has 29 heavy (non-hydrogen) atoms. The predicted molar refractivity (Wildman–Crippen MR) is 99.8 cm³/mol. The van der Waals surface area contributed by atoms with E-state index in [0.717, 1.165) is 5.75 Å². The molecule has 3 rings (SSSR count). The van der Waals surface area contributed by atoms with Crippen LogP contribution in [-0.4, -0.2) is 64.7 Å². The molecule has 1 aromatic heterocycles. The molecule has 150 valence electrons. The summed E-state index contributed by atoms with van der Waals surface area (Å²) in [4.78, 5) is 34.9. The minimum Gasteiger partial charge on any atom is -0.748 e. The van der Waals surface area contributed by atoms with Crippen LogP contribution >= 0.6 is 11.8 Å². The molecule has 2 aliphatic heterocycles. The Balaban J connectivity index is 0.00000300. The summed E-state index contributed by atoms with van der Waals surface area (Å²) in [7, 11) is -3.31. The summed E-state index contributed by atoms with van der Waals surface area (Å²) >= 11 is 1.51. The first-order chi connectivity index (χ1) is 13.2. The number of aromatic nitrogens is 1. The summed E-state index contributed by atoms with van der Waals surface area (Å²) in [6.45, 7) is 0. The molecule has 3 N–H and O–H groups in total. The van der Waals surface area contributed by atoms with E-state index in [1.807, 2.05) is 6.08 Å². The molecule has 2 aliphatic rings. The average molecular weight is 449 g/mol. The number of nitrogens with one attached hydrogen (secondary N) is 1. The van der Waals surface area contributed by atoms with Crippen LogP contribution in [-0.2, 0) is 30.3 Å². The molecule has 0 aromatic carbocycles. The van der Waals surface area contributed by atoms with Crippen molar-refractivity contribution in [2.75, 3.05) is 18.6 Å². The van der Waals surface area contributed by atoms with E-state index in [0.29, 0.717) is 0 Å². The van der Waals surface area contributed by atoms with Crippen molar-refractivity contribution in [3.63, 3.8) is 0 Å².